The highest BCUT2D eigenvalue weighted by Crippen LogP contribution is 2.28. The van der Waals surface area contributed by atoms with E-state index in [1.54, 1.807) is 24.4 Å². The first-order valence-corrected chi connectivity index (χ1v) is 5.65. The molecule has 0 unspecified atom stereocenters. The Kier molecular flexibility index (Phi) is 3.94. The number of anilines is 1. The smallest absolute Gasteiger partial charge is 0.143 e. The second kappa shape index (κ2) is 5.83. The quantitative estimate of drug-likeness (QED) is 0.914. The van der Waals surface area contributed by atoms with E-state index in [1.165, 1.54) is 13.2 Å². The highest BCUT2D eigenvalue weighted by molar-refractivity contribution is 5.66. The number of rotatable bonds is 4. The molecule has 1 aromatic carbocycles. The number of nitrogens with one attached hydrogen (secondary N) is 1. The van der Waals surface area contributed by atoms with Crippen LogP contribution in [0.2, 0.25) is 0 Å². The normalized spacial score (nSPS) is 9.74. The highest BCUT2D eigenvalue weighted by Gasteiger charge is 2.08. The molecule has 0 amide bonds. The van der Waals surface area contributed by atoms with Gasteiger partial charge in [0, 0.05) is 12.7 Å². The molecule has 0 atom stereocenters. The van der Waals surface area contributed by atoms with Crippen LogP contribution in [0.5, 0.6) is 5.75 Å². The summed E-state index contributed by atoms with van der Waals surface area (Å²) >= 11 is 0. The highest BCUT2D eigenvalue weighted by atomic mass is 19.1. The number of benzene rings is 1. The van der Waals surface area contributed by atoms with Crippen molar-refractivity contribution in [2.75, 3.05) is 12.4 Å². The largest absolute Gasteiger partial charge is 0.495 e. The van der Waals surface area contributed by atoms with Gasteiger partial charge in [0.25, 0.3) is 0 Å². The summed E-state index contributed by atoms with van der Waals surface area (Å²) in [4.78, 5) is 3.77. The van der Waals surface area contributed by atoms with Crippen LogP contribution in [0, 0.1) is 17.1 Å². The zero-order valence-electron chi connectivity index (χ0n) is 10.4. The minimum atomic E-state index is -0.389. The number of methoxy groups -OCH3 is 1. The number of nitrogens with zero attached hydrogens (tertiary/aromatic N) is 2. The van der Waals surface area contributed by atoms with E-state index in [2.05, 4.69) is 16.4 Å². The lowest BCUT2D eigenvalue weighted by Gasteiger charge is -2.12. The summed E-state index contributed by atoms with van der Waals surface area (Å²) in [5.41, 5.74) is 1.76. The maximum absolute atomic E-state index is 13.0. The van der Waals surface area contributed by atoms with Crippen LogP contribution in [-0.2, 0) is 6.54 Å². The minimum Gasteiger partial charge on any atom is -0.495 e. The predicted octanol–water partition coefficient (Wildman–Crippen LogP) is 2.71. The zero-order valence-corrected chi connectivity index (χ0v) is 10.4. The monoisotopic (exact) mass is 257 g/mol. The van der Waals surface area contributed by atoms with Crippen molar-refractivity contribution >= 4 is 5.69 Å². The lowest BCUT2D eigenvalue weighted by Crippen LogP contribution is -2.04. The molecular formula is C14H12FN3O. The standard InChI is InChI=1S/C14H12FN3O/c1-19-13-4-2-3-11(6-16)14(13)18-8-10-5-12(15)9-17-7-10/h2-5,7,9,18H,8H2,1H3. The summed E-state index contributed by atoms with van der Waals surface area (Å²) in [7, 11) is 1.53. The molecule has 0 radical (unpaired) electrons. The molecule has 2 rings (SSSR count). The van der Waals surface area contributed by atoms with E-state index in [1.807, 2.05) is 0 Å². The van der Waals surface area contributed by atoms with Crippen LogP contribution in [0.25, 0.3) is 0 Å². The summed E-state index contributed by atoms with van der Waals surface area (Å²) in [6.45, 7) is 0.361. The summed E-state index contributed by atoms with van der Waals surface area (Å²) < 4.78 is 18.2. The molecule has 0 saturated heterocycles. The van der Waals surface area contributed by atoms with Gasteiger partial charge >= 0.3 is 0 Å². The summed E-state index contributed by atoms with van der Waals surface area (Å²) in [5.74, 6) is 0.184. The van der Waals surface area contributed by atoms with Gasteiger partial charge in [0.15, 0.2) is 0 Å². The molecule has 4 nitrogen and oxygen atoms in total. The first-order valence-electron chi connectivity index (χ1n) is 5.65. The van der Waals surface area contributed by atoms with E-state index >= 15 is 0 Å². The summed E-state index contributed by atoms with van der Waals surface area (Å²) in [6.07, 6.45) is 2.71. The van der Waals surface area contributed by atoms with Gasteiger partial charge in [-0.25, -0.2) is 4.39 Å². The first-order chi connectivity index (χ1) is 9.24. The molecule has 0 aliphatic rings. The number of ether oxygens (including phenoxy) is 1. The van der Waals surface area contributed by atoms with Crippen molar-refractivity contribution < 1.29 is 9.13 Å². The van der Waals surface area contributed by atoms with Crippen LogP contribution in [0.15, 0.2) is 36.7 Å². The van der Waals surface area contributed by atoms with Crippen LogP contribution < -0.4 is 10.1 Å². The summed E-state index contributed by atoms with van der Waals surface area (Å²) in [5, 5.41) is 12.1. The Bertz CT molecular complexity index is 622. The molecule has 0 spiro atoms. The third-order valence-electron chi connectivity index (χ3n) is 2.60. The van der Waals surface area contributed by atoms with Gasteiger partial charge < -0.3 is 10.1 Å². The third-order valence-corrected chi connectivity index (χ3v) is 2.60. The molecule has 0 bridgehead atoms. The minimum absolute atomic E-state index is 0.361. The lowest BCUT2D eigenvalue weighted by atomic mass is 10.1. The molecule has 1 aromatic heterocycles. The van der Waals surface area contributed by atoms with Crippen molar-refractivity contribution in [3.8, 4) is 11.8 Å². The van der Waals surface area contributed by atoms with Gasteiger partial charge in [-0.05, 0) is 23.8 Å². The third kappa shape index (κ3) is 2.99. The molecule has 1 N–H and O–H groups in total. The van der Waals surface area contributed by atoms with Gasteiger partial charge in [-0.1, -0.05) is 6.07 Å². The Labute approximate surface area is 110 Å². The van der Waals surface area contributed by atoms with Crippen LogP contribution in [0.1, 0.15) is 11.1 Å². The number of hydrogen-bond donors (Lipinski definition) is 1. The fraction of sp³-hybridized carbons (Fsp3) is 0.143. The van der Waals surface area contributed by atoms with Crippen molar-refractivity contribution in [2.24, 2.45) is 0 Å². The van der Waals surface area contributed by atoms with E-state index in [9.17, 15) is 4.39 Å². The molecule has 1 heterocycles. The van der Waals surface area contributed by atoms with Crippen LogP contribution >= 0.6 is 0 Å². The molecule has 0 aliphatic carbocycles. The van der Waals surface area contributed by atoms with Gasteiger partial charge in [-0.3, -0.25) is 4.98 Å². The zero-order chi connectivity index (χ0) is 13.7. The van der Waals surface area contributed by atoms with Gasteiger partial charge in [-0.2, -0.15) is 5.26 Å². The molecule has 19 heavy (non-hydrogen) atoms. The second-order valence-corrected chi connectivity index (χ2v) is 3.86. The van der Waals surface area contributed by atoms with Crippen molar-refractivity contribution in [3.05, 3.63) is 53.6 Å². The Morgan fingerprint density at radius 1 is 1.42 bits per heavy atom. The SMILES string of the molecule is COc1cccc(C#N)c1NCc1cncc(F)c1. The molecule has 0 saturated carbocycles. The van der Waals surface area contributed by atoms with E-state index in [-0.39, 0.29) is 5.82 Å². The molecule has 2 aromatic rings. The first kappa shape index (κ1) is 12.8. The van der Waals surface area contributed by atoms with Crippen LogP contribution in [0.4, 0.5) is 10.1 Å². The van der Waals surface area contributed by atoms with Crippen molar-refractivity contribution in [2.45, 2.75) is 6.54 Å². The van der Waals surface area contributed by atoms with E-state index in [4.69, 9.17) is 10.00 Å². The van der Waals surface area contributed by atoms with Crippen molar-refractivity contribution in [3.63, 3.8) is 0 Å². The molecular weight excluding hydrogens is 245 g/mol. The Balaban J connectivity index is 2.22. The molecule has 0 fully saturated rings. The fourth-order valence-electron chi connectivity index (χ4n) is 1.72. The average Bonchev–Trinajstić information content (AvgIpc) is 2.44. The van der Waals surface area contributed by atoms with Crippen molar-refractivity contribution in [1.82, 2.24) is 4.98 Å². The number of hydrogen-bond acceptors (Lipinski definition) is 4. The van der Waals surface area contributed by atoms with E-state index < -0.39 is 0 Å². The van der Waals surface area contributed by atoms with Crippen molar-refractivity contribution in [1.29, 1.82) is 5.26 Å². The number of halogens is 1. The van der Waals surface area contributed by atoms with Gasteiger partial charge in [0.2, 0.25) is 0 Å². The Morgan fingerprint density at radius 3 is 2.95 bits per heavy atom. The van der Waals surface area contributed by atoms with Gasteiger partial charge in [0.1, 0.15) is 17.6 Å². The van der Waals surface area contributed by atoms with E-state index in [0.29, 0.717) is 29.1 Å². The second-order valence-electron chi connectivity index (χ2n) is 3.86. The Hall–Kier alpha value is -2.61. The lowest BCUT2D eigenvalue weighted by molar-refractivity contribution is 0.416. The number of para-hydroxylation sites is 1. The maximum Gasteiger partial charge on any atom is 0.143 e. The number of nitriles is 1. The Morgan fingerprint density at radius 2 is 2.26 bits per heavy atom. The molecule has 0 aliphatic heterocycles. The van der Waals surface area contributed by atoms with Gasteiger partial charge in [-0.15, -0.1) is 0 Å². The van der Waals surface area contributed by atoms with E-state index in [0.717, 1.165) is 6.20 Å². The molecule has 96 valence electrons. The fourth-order valence-corrected chi connectivity index (χ4v) is 1.72. The maximum atomic E-state index is 13.0. The molecule has 5 heteroatoms. The number of aromatic nitrogens is 1. The van der Waals surface area contributed by atoms with Gasteiger partial charge in [0.05, 0.1) is 24.6 Å². The summed E-state index contributed by atoms with van der Waals surface area (Å²) in [6, 6.07) is 8.66. The topological polar surface area (TPSA) is 57.9 Å². The van der Waals surface area contributed by atoms with Crippen LogP contribution in [-0.4, -0.2) is 12.1 Å². The predicted molar refractivity (Wildman–Crippen MR) is 69.2 cm³/mol. The van der Waals surface area contributed by atoms with Crippen LogP contribution in [0.3, 0.4) is 0 Å². The average molecular weight is 257 g/mol. The number of pyridine rings is 1.